The highest BCUT2D eigenvalue weighted by molar-refractivity contribution is 6.30. The number of hydrogen-bond acceptors (Lipinski definition) is 4. The van der Waals surface area contributed by atoms with E-state index in [0.717, 1.165) is 24.8 Å². The van der Waals surface area contributed by atoms with Crippen LogP contribution in [0.1, 0.15) is 57.4 Å². The van der Waals surface area contributed by atoms with Gasteiger partial charge in [0.05, 0.1) is 12.0 Å². The van der Waals surface area contributed by atoms with Crippen LogP contribution in [0.4, 0.5) is 0 Å². The molecule has 1 fully saturated rings. The Morgan fingerprint density at radius 2 is 1.85 bits per heavy atom. The Labute approximate surface area is 159 Å². The maximum Gasteiger partial charge on any atom is 0.314 e. The van der Waals surface area contributed by atoms with Crippen LogP contribution in [-0.2, 0) is 14.3 Å². The topological polar surface area (TPSA) is 79.2 Å². The van der Waals surface area contributed by atoms with Crippen LogP contribution in [0.5, 0.6) is 0 Å². The lowest BCUT2D eigenvalue weighted by molar-refractivity contribution is -0.151. The monoisotopic (exact) mass is 376 g/mol. The summed E-state index contributed by atoms with van der Waals surface area (Å²) in [4.78, 5) is 24.7. The first kappa shape index (κ1) is 20.3. The molecule has 1 aliphatic carbocycles. The zero-order valence-electron chi connectivity index (χ0n) is 15.3. The fourth-order valence-corrected chi connectivity index (χ4v) is 3.54. The normalized spacial score (nSPS) is 17.2. The molecule has 2 rings (SSSR count). The summed E-state index contributed by atoms with van der Waals surface area (Å²) in [5.41, 5.74) is -0.0226. The molecule has 5 nitrogen and oxygen atoms in total. The summed E-state index contributed by atoms with van der Waals surface area (Å²) in [6, 6.07) is 9.26. The number of nitrogens with zero attached hydrogens (tertiary/aromatic N) is 1. The van der Waals surface area contributed by atoms with E-state index in [0.29, 0.717) is 17.9 Å². The number of carbonyl (C=O) groups is 2. The van der Waals surface area contributed by atoms with Gasteiger partial charge in [-0.05, 0) is 36.5 Å². The van der Waals surface area contributed by atoms with Crippen LogP contribution in [0.3, 0.4) is 0 Å². The molecular weight excluding hydrogens is 352 g/mol. The Balaban J connectivity index is 1.96. The summed E-state index contributed by atoms with van der Waals surface area (Å²) in [6.45, 7) is 3.47. The smallest absolute Gasteiger partial charge is 0.314 e. The third-order valence-corrected chi connectivity index (χ3v) is 5.05. The zero-order chi connectivity index (χ0) is 19.2. The van der Waals surface area contributed by atoms with Crippen LogP contribution in [-0.4, -0.2) is 24.0 Å². The number of nitriles is 1. The van der Waals surface area contributed by atoms with Crippen molar-refractivity contribution in [1.82, 2.24) is 5.32 Å². The SMILES string of the molecule is CC(C)[C@H](C(=O)OCC(=O)NC1(C#N)CCCCC1)c1ccc(Cl)cc1. The molecule has 0 aromatic heterocycles. The molecule has 0 unspecified atom stereocenters. The van der Waals surface area contributed by atoms with Crippen LogP contribution in [0.2, 0.25) is 5.02 Å². The van der Waals surface area contributed by atoms with Crippen molar-refractivity contribution in [3.63, 3.8) is 0 Å². The van der Waals surface area contributed by atoms with Crippen molar-refractivity contribution in [2.75, 3.05) is 6.61 Å². The van der Waals surface area contributed by atoms with Crippen LogP contribution in [0.25, 0.3) is 0 Å². The molecular formula is C20H25ClN2O3. The van der Waals surface area contributed by atoms with Gasteiger partial charge in [-0.1, -0.05) is 56.8 Å². The maximum atomic E-state index is 12.5. The van der Waals surface area contributed by atoms with Crippen LogP contribution >= 0.6 is 11.6 Å². The molecule has 1 aliphatic rings. The van der Waals surface area contributed by atoms with Crippen molar-refractivity contribution in [3.8, 4) is 6.07 Å². The van der Waals surface area contributed by atoms with Crippen molar-refractivity contribution in [1.29, 1.82) is 5.26 Å². The number of carbonyl (C=O) groups excluding carboxylic acids is 2. The Hall–Kier alpha value is -2.06. The van der Waals surface area contributed by atoms with E-state index in [4.69, 9.17) is 16.3 Å². The largest absolute Gasteiger partial charge is 0.455 e. The highest BCUT2D eigenvalue weighted by Crippen LogP contribution is 2.28. The average Bonchev–Trinajstić information content (AvgIpc) is 2.62. The average molecular weight is 377 g/mol. The minimum atomic E-state index is -0.824. The van der Waals surface area contributed by atoms with Gasteiger partial charge < -0.3 is 10.1 Å². The fourth-order valence-electron chi connectivity index (χ4n) is 3.41. The summed E-state index contributed by atoms with van der Waals surface area (Å²) in [5, 5.41) is 12.8. The number of hydrogen-bond donors (Lipinski definition) is 1. The highest BCUT2D eigenvalue weighted by Gasteiger charge is 2.34. The third kappa shape index (κ3) is 5.22. The summed E-state index contributed by atoms with van der Waals surface area (Å²) in [7, 11) is 0. The van der Waals surface area contributed by atoms with Crippen molar-refractivity contribution in [2.45, 2.75) is 57.4 Å². The van der Waals surface area contributed by atoms with E-state index >= 15 is 0 Å². The molecule has 0 bridgehead atoms. The van der Waals surface area contributed by atoms with E-state index < -0.39 is 23.3 Å². The lowest BCUT2D eigenvalue weighted by Gasteiger charge is -2.31. The number of amides is 1. The number of nitrogens with one attached hydrogen (secondary N) is 1. The first-order valence-electron chi connectivity index (χ1n) is 9.01. The second-order valence-corrected chi connectivity index (χ2v) is 7.62. The van der Waals surface area contributed by atoms with E-state index in [1.54, 1.807) is 24.3 Å². The number of benzene rings is 1. The molecule has 0 aliphatic heterocycles. The predicted octanol–water partition coefficient (Wildman–Crippen LogP) is 3.97. The van der Waals surface area contributed by atoms with Crippen LogP contribution in [0.15, 0.2) is 24.3 Å². The number of esters is 1. The Kier molecular flexibility index (Phi) is 7.05. The van der Waals surface area contributed by atoms with Crippen molar-refractivity contribution >= 4 is 23.5 Å². The Morgan fingerprint density at radius 3 is 2.38 bits per heavy atom. The molecule has 6 heteroatoms. The van der Waals surface area contributed by atoms with Crippen molar-refractivity contribution in [2.24, 2.45) is 5.92 Å². The summed E-state index contributed by atoms with van der Waals surface area (Å²) in [6.07, 6.45) is 4.19. The third-order valence-electron chi connectivity index (χ3n) is 4.80. The molecule has 26 heavy (non-hydrogen) atoms. The molecule has 1 aromatic carbocycles. The van der Waals surface area contributed by atoms with E-state index in [2.05, 4.69) is 11.4 Å². The Morgan fingerprint density at radius 1 is 1.23 bits per heavy atom. The van der Waals surface area contributed by atoms with Gasteiger partial charge in [0, 0.05) is 5.02 Å². The molecule has 1 atom stereocenters. The molecule has 1 amide bonds. The lowest BCUT2D eigenvalue weighted by Crippen LogP contribution is -2.50. The predicted molar refractivity (Wildman–Crippen MR) is 99.6 cm³/mol. The van der Waals surface area contributed by atoms with Crippen LogP contribution in [0, 0.1) is 17.2 Å². The van der Waals surface area contributed by atoms with Gasteiger partial charge >= 0.3 is 5.97 Å². The van der Waals surface area contributed by atoms with Crippen molar-refractivity contribution < 1.29 is 14.3 Å². The second-order valence-electron chi connectivity index (χ2n) is 7.18. The first-order valence-corrected chi connectivity index (χ1v) is 9.39. The fraction of sp³-hybridized carbons (Fsp3) is 0.550. The molecule has 1 aromatic rings. The molecule has 0 saturated heterocycles. The summed E-state index contributed by atoms with van der Waals surface area (Å²) >= 11 is 5.90. The highest BCUT2D eigenvalue weighted by atomic mass is 35.5. The van der Waals surface area contributed by atoms with Gasteiger partial charge in [0.15, 0.2) is 6.61 Å². The lowest BCUT2D eigenvalue weighted by atomic mass is 9.83. The molecule has 0 heterocycles. The molecule has 140 valence electrons. The number of rotatable bonds is 6. The van der Waals surface area contributed by atoms with Gasteiger partial charge in [-0.2, -0.15) is 5.26 Å². The van der Waals surface area contributed by atoms with Gasteiger partial charge in [-0.3, -0.25) is 9.59 Å². The summed E-state index contributed by atoms with van der Waals surface area (Å²) < 4.78 is 5.25. The zero-order valence-corrected chi connectivity index (χ0v) is 16.0. The molecule has 1 N–H and O–H groups in total. The minimum Gasteiger partial charge on any atom is -0.455 e. The number of halogens is 1. The number of ether oxygens (including phenoxy) is 1. The summed E-state index contributed by atoms with van der Waals surface area (Å²) in [5.74, 6) is -1.34. The Bertz CT molecular complexity index is 673. The van der Waals surface area contributed by atoms with Gasteiger partial charge in [0.1, 0.15) is 5.54 Å². The van der Waals surface area contributed by atoms with E-state index in [1.807, 2.05) is 13.8 Å². The van der Waals surface area contributed by atoms with Gasteiger partial charge in [0.25, 0.3) is 5.91 Å². The molecule has 1 saturated carbocycles. The second kappa shape index (κ2) is 9.05. The quantitative estimate of drug-likeness (QED) is 0.762. The molecule has 0 spiro atoms. The maximum absolute atomic E-state index is 12.5. The first-order chi connectivity index (χ1) is 12.4. The van der Waals surface area contributed by atoms with Crippen molar-refractivity contribution in [3.05, 3.63) is 34.9 Å². The van der Waals surface area contributed by atoms with Gasteiger partial charge in [-0.15, -0.1) is 0 Å². The van der Waals surface area contributed by atoms with E-state index in [-0.39, 0.29) is 12.5 Å². The standard InChI is InChI=1S/C20H25ClN2O3/c1-14(2)18(15-6-8-16(21)9-7-15)19(25)26-12-17(24)23-20(13-22)10-4-3-5-11-20/h6-9,14,18H,3-5,10-12H2,1-2H3,(H,23,24)/t18-/m0/s1. The van der Waals surface area contributed by atoms with Gasteiger partial charge in [0.2, 0.25) is 0 Å². The molecule has 0 radical (unpaired) electrons. The van der Waals surface area contributed by atoms with E-state index in [9.17, 15) is 14.9 Å². The van der Waals surface area contributed by atoms with E-state index in [1.165, 1.54) is 0 Å². The van der Waals surface area contributed by atoms with Gasteiger partial charge in [-0.25, -0.2) is 0 Å². The van der Waals surface area contributed by atoms with Crippen LogP contribution < -0.4 is 5.32 Å². The minimum absolute atomic E-state index is 0.00975.